The van der Waals surface area contributed by atoms with Gasteiger partial charge >= 0.3 is 0 Å². The molecule has 186 valence electrons. The lowest BCUT2D eigenvalue weighted by Crippen LogP contribution is -2.49. The second kappa shape index (κ2) is 11.4. The number of benzene rings is 2. The number of halogens is 1. The Labute approximate surface area is 211 Å². The summed E-state index contributed by atoms with van der Waals surface area (Å²) in [5.41, 5.74) is 1.47. The minimum atomic E-state index is -0.0622. The van der Waals surface area contributed by atoms with Gasteiger partial charge in [-0.25, -0.2) is 4.98 Å². The van der Waals surface area contributed by atoms with Crippen LogP contribution in [0.4, 0.5) is 5.95 Å². The molecule has 1 amide bonds. The Morgan fingerprint density at radius 1 is 0.943 bits per heavy atom. The normalized spacial score (nSPS) is 13.6. The molecule has 0 radical (unpaired) electrons. The third kappa shape index (κ3) is 5.48. The highest BCUT2D eigenvalue weighted by atomic mass is 35.5. The first kappa shape index (κ1) is 24.7. The van der Waals surface area contributed by atoms with Gasteiger partial charge in [-0.15, -0.1) is 0 Å². The van der Waals surface area contributed by atoms with Crippen molar-refractivity contribution in [2.75, 3.05) is 50.9 Å². The molecule has 1 fully saturated rings. The number of rotatable bonds is 9. The van der Waals surface area contributed by atoms with Crippen LogP contribution < -0.4 is 19.1 Å². The zero-order valence-corrected chi connectivity index (χ0v) is 21.1. The zero-order valence-electron chi connectivity index (χ0n) is 20.4. The van der Waals surface area contributed by atoms with E-state index in [2.05, 4.69) is 9.88 Å². The molecular formula is C26H31ClN4O4. The molecule has 0 unspecified atom stereocenters. The maximum Gasteiger partial charge on any atom is 0.254 e. The van der Waals surface area contributed by atoms with Gasteiger partial charge in [-0.1, -0.05) is 17.7 Å². The van der Waals surface area contributed by atoms with E-state index < -0.39 is 0 Å². The number of hydrogen-bond acceptors (Lipinski definition) is 6. The summed E-state index contributed by atoms with van der Waals surface area (Å²) >= 11 is 6.18. The molecule has 1 aromatic heterocycles. The summed E-state index contributed by atoms with van der Waals surface area (Å²) < 4.78 is 19.3. The molecule has 0 atom stereocenters. The van der Waals surface area contributed by atoms with Crippen molar-refractivity contribution in [3.63, 3.8) is 0 Å². The van der Waals surface area contributed by atoms with E-state index in [0.717, 1.165) is 11.6 Å². The number of anilines is 1. The molecule has 1 saturated heterocycles. The molecule has 0 saturated carbocycles. The van der Waals surface area contributed by atoms with Gasteiger partial charge in [-0.05, 0) is 51.1 Å². The van der Waals surface area contributed by atoms with Crippen LogP contribution in [0.1, 0.15) is 31.1 Å². The van der Waals surface area contributed by atoms with E-state index in [9.17, 15) is 4.79 Å². The molecule has 0 bridgehead atoms. The fourth-order valence-corrected chi connectivity index (χ4v) is 4.35. The van der Waals surface area contributed by atoms with Gasteiger partial charge in [0.05, 0.1) is 19.8 Å². The third-order valence-electron chi connectivity index (χ3n) is 5.71. The largest absolute Gasteiger partial charge is 0.490 e. The van der Waals surface area contributed by atoms with Gasteiger partial charge < -0.3 is 24.0 Å². The first-order chi connectivity index (χ1) is 17.0. The van der Waals surface area contributed by atoms with Gasteiger partial charge in [0.25, 0.3) is 5.91 Å². The molecule has 2 heterocycles. The molecule has 4 rings (SSSR count). The zero-order chi connectivity index (χ0) is 24.8. The molecule has 2 aromatic carbocycles. The third-order valence-corrected chi connectivity index (χ3v) is 5.95. The summed E-state index contributed by atoms with van der Waals surface area (Å²) in [4.78, 5) is 22.0. The van der Waals surface area contributed by atoms with Crippen molar-refractivity contribution in [1.82, 2.24) is 14.5 Å². The highest BCUT2D eigenvalue weighted by molar-refractivity contribution is 6.30. The van der Waals surface area contributed by atoms with Crippen LogP contribution >= 0.6 is 11.6 Å². The van der Waals surface area contributed by atoms with E-state index in [4.69, 9.17) is 25.8 Å². The molecule has 3 aromatic rings. The number of amides is 1. The highest BCUT2D eigenvalue weighted by Gasteiger charge is 2.27. The molecule has 9 heteroatoms. The van der Waals surface area contributed by atoms with Crippen LogP contribution in [0.5, 0.6) is 17.2 Å². The van der Waals surface area contributed by atoms with Gasteiger partial charge in [0.1, 0.15) is 0 Å². The van der Waals surface area contributed by atoms with Crippen LogP contribution in [0.3, 0.4) is 0 Å². The highest BCUT2D eigenvalue weighted by Crippen LogP contribution is 2.39. The Bertz CT molecular complexity index is 1130. The minimum Gasteiger partial charge on any atom is -0.490 e. The van der Waals surface area contributed by atoms with E-state index in [0.29, 0.717) is 73.8 Å². The Morgan fingerprint density at radius 3 is 2.20 bits per heavy atom. The number of ether oxygens (including phenoxy) is 3. The Kier molecular flexibility index (Phi) is 8.02. The molecule has 0 aliphatic carbocycles. The Morgan fingerprint density at radius 2 is 1.60 bits per heavy atom. The number of piperazine rings is 1. The van der Waals surface area contributed by atoms with Crippen molar-refractivity contribution in [2.45, 2.75) is 20.8 Å². The van der Waals surface area contributed by atoms with Crippen molar-refractivity contribution >= 4 is 23.5 Å². The lowest BCUT2D eigenvalue weighted by atomic mass is 10.1. The summed E-state index contributed by atoms with van der Waals surface area (Å²) in [5, 5.41) is 0.672. The fourth-order valence-electron chi connectivity index (χ4n) is 4.16. The minimum absolute atomic E-state index is 0.0622. The molecule has 0 N–H and O–H groups in total. The van der Waals surface area contributed by atoms with E-state index in [1.807, 2.05) is 60.7 Å². The molecular weight excluding hydrogens is 468 g/mol. The number of carbonyl (C=O) groups is 1. The van der Waals surface area contributed by atoms with Gasteiger partial charge in [0.2, 0.25) is 11.7 Å². The van der Waals surface area contributed by atoms with Crippen LogP contribution in [0.25, 0.3) is 5.69 Å². The second-order valence-corrected chi connectivity index (χ2v) is 8.39. The van der Waals surface area contributed by atoms with E-state index in [1.165, 1.54) is 0 Å². The standard InChI is InChI=1S/C26H31ClN4O4/c1-4-33-22-16-19(17-23(34-5-2)24(22)35-6-3)25(32)29-12-14-30(15-13-29)26-28-10-11-31(26)21-9-7-8-20(27)18-21/h7-11,16-18H,4-6,12-15H2,1-3H3. The number of nitrogens with zero attached hydrogens (tertiary/aromatic N) is 4. The molecule has 0 spiro atoms. The number of aromatic nitrogens is 2. The van der Waals surface area contributed by atoms with Gasteiger partial charge in [0.15, 0.2) is 11.5 Å². The molecule has 8 nitrogen and oxygen atoms in total. The maximum atomic E-state index is 13.4. The average molecular weight is 499 g/mol. The number of carbonyl (C=O) groups excluding carboxylic acids is 1. The average Bonchev–Trinajstić information content (AvgIpc) is 3.36. The van der Waals surface area contributed by atoms with Crippen molar-refractivity contribution in [1.29, 1.82) is 0 Å². The lowest BCUT2D eigenvalue weighted by molar-refractivity contribution is 0.0745. The van der Waals surface area contributed by atoms with E-state index in [-0.39, 0.29) is 5.91 Å². The topological polar surface area (TPSA) is 69.1 Å². The van der Waals surface area contributed by atoms with Crippen LogP contribution in [0.15, 0.2) is 48.8 Å². The fraction of sp³-hybridized carbons (Fsp3) is 0.385. The van der Waals surface area contributed by atoms with Gasteiger partial charge in [-0.3, -0.25) is 9.36 Å². The van der Waals surface area contributed by atoms with Crippen LogP contribution in [-0.4, -0.2) is 66.4 Å². The monoisotopic (exact) mass is 498 g/mol. The summed E-state index contributed by atoms with van der Waals surface area (Å²) in [6, 6.07) is 11.2. The predicted molar refractivity (Wildman–Crippen MR) is 137 cm³/mol. The van der Waals surface area contributed by atoms with Crippen LogP contribution in [0, 0.1) is 0 Å². The van der Waals surface area contributed by atoms with Crippen molar-refractivity contribution in [3.8, 4) is 22.9 Å². The number of hydrogen-bond donors (Lipinski definition) is 0. The predicted octanol–water partition coefficient (Wildman–Crippen LogP) is 4.68. The van der Waals surface area contributed by atoms with Crippen LogP contribution in [-0.2, 0) is 0 Å². The second-order valence-electron chi connectivity index (χ2n) is 7.96. The van der Waals surface area contributed by atoms with Gasteiger partial charge in [0, 0.05) is 54.8 Å². The quantitative estimate of drug-likeness (QED) is 0.426. The molecule has 1 aliphatic rings. The Hall–Kier alpha value is -3.39. The van der Waals surface area contributed by atoms with Crippen molar-refractivity contribution in [3.05, 3.63) is 59.4 Å². The van der Waals surface area contributed by atoms with E-state index >= 15 is 0 Å². The first-order valence-corrected chi connectivity index (χ1v) is 12.3. The Balaban J connectivity index is 1.51. The van der Waals surface area contributed by atoms with Crippen molar-refractivity contribution in [2.24, 2.45) is 0 Å². The van der Waals surface area contributed by atoms with Gasteiger partial charge in [-0.2, -0.15) is 0 Å². The summed E-state index contributed by atoms with van der Waals surface area (Å²) in [7, 11) is 0. The maximum absolute atomic E-state index is 13.4. The summed E-state index contributed by atoms with van der Waals surface area (Å²) in [5.74, 6) is 2.34. The van der Waals surface area contributed by atoms with Crippen LogP contribution in [0.2, 0.25) is 5.02 Å². The SMILES string of the molecule is CCOc1cc(C(=O)N2CCN(c3nccn3-c3cccc(Cl)c3)CC2)cc(OCC)c1OCC. The lowest BCUT2D eigenvalue weighted by Gasteiger charge is -2.35. The first-order valence-electron chi connectivity index (χ1n) is 12.0. The summed E-state index contributed by atoms with van der Waals surface area (Å²) in [6.07, 6.45) is 3.70. The van der Waals surface area contributed by atoms with E-state index in [1.54, 1.807) is 18.3 Å². The summed E-state index contributed by atoms with van der Waals surface area (Å²) in [6.45, 7) is 9.57. The van der Waals surface area contributed by atoms with Crippen molar-refractivity contribution < 1.29 is 19.0 Å². The molecule has 1 aliphatic heterocycles. The smallest absolute Gasteiger partial charge is 0.254 e. The number of imidazole rings is 1. The molecule has 35 heavy (non-hydrogen) atoms.